The lowest BCUT2D eigenvalue weighted by Crippen LogP contribution is -2.35. The van der Waals surface area contributed by atoms with Crippen LogP contribution in [0.2, 0.25) is 5.02 Å². The van der Waals surface area contributed by atoms with Crippen molar-refractivity contribution in [3.8, 4) is 0 Å². The van der Waals surface area contributed by atoms with Gasteiger partial charge in [-0.25, -0.2) is 4.39 Å². The second kappa shape index (κ2) is 10.1. The van der Waals surface area contributed by atoms with Crippen LogP contribution >= 0.6 is 11.6 Å². The van der Waals surface area contributed by atoms with Crippen LogP contribution in [-0.4, -0.2) is 34.9 Å². The average Bonchev–Trinajstić information content (AvgIpc) is 3.25. The van der Waals surface area contributed by atoms with Gasteiger partial charge in [0.25, 0.3) is 0 Å². The molecule has 0 radical (unpaired) electrons. The van der Waals surface area contributed by atoms with E-state index in [1.54, 1.807) is 12.1 Å². The summed E-state index contributed by atoms with van der Waals surface area (Å²) in [5, 5.41) is 15.7. The molecule has 0 bridgehead atoms. The third-order valence-electron chi connectivity index (χ3n) is 5.31. The Balaban J connectivity index is 1.43. The highest BCUT2D eigenvalue weighted by Gasteiger charge is 2.26. The SMILES string of the molecule is O[C@@H](CN(Cc1ccc(F)cc1)C[C@@H]1CC(c2ccc(Cl)cc2)=NO1)c1ccccc1. The predicted octanol–water partition coefficient (Wildman–Crippen LogP) is 5.21. The summed E-state index contributed by atoms with van der Waals surface area (Å²) in [5.74, 6) is -0.264. The lowest BCUT2D eigenvalue weighted by atomic mass is 10.0. The standard InChI is InChI=1S/C25H24ClFN2O2/c26-21-10-8-19(9-11-21)24-14-23(31-28-24)16-29(15-18-6-12-22(27)13-7-18)17-25(30)20-4-2-1-3-5-20/h1-13,23,25,30H,14-17H2/t23-,25-/m0/s1. The van der Waals surface area contributed by atoms with Crippen LogP contribution < -0.4 is 0 Å². The molecule has 3 aromatic carbocycles. The molecular formula is C25H24ClFN2O2. The number of oxime groups is 1. The van der Waals surface area contributed by atoms with Gasteiger partial charge in [-0.05, 0) is 41.0 Å². The Morgan fingerprint density at radius 1 is 1.03 bits per heavy atom. The summed E-state index contributed by atoms with van der Waals surface area (Å²) in [7, 11) is 0. The number of nitrogens with zero attached hydrogens (tertiary/aromatic N) is 2. The molecule has 1 N–H and O–H groups in total. The highest BCUT2D eigenvalue weighted by Crippen LogP contribution is 2.22. The van der Waals surface area contributed by atoms with Crippen LogP contribution in [0.25, 0.3) is 0 Å². The van der Waals surface area contributed by atoms with E-state index < -0.39 is 6.10 Å². The fourth-order valence-electron chi connectivity index (χ4n) is 3.70. The van der Waals surface area contributed by atoms with Gasteiger partial charge in [-0.15, -0.1) is 0 Å². The molecule has 0 aromatic heterocycles. The van der Waals surface area contributed by atoms with E-state index >= 15 is 0 Å². The van der Waals surface area contributed by atoms with E-state index in [2.05, 4.69) is 10.1 Å². The van der Waals surface area contributed by atoms with E-state index in [4.69, 9.17) is 16.4 Å². The Morgan fingerprint density at radius 3 is 2.45 bits per heavy atom. The van der Waals surface area contributed by atoms with Gasteiger partial charge in [0.15, 0.2) is 0 Å². The molecule has 3 aromatic rings. The zero-order valence-electron chi connectivity index (χ0n) is 17.0. The Hall–Kier alpha value is -2.73. The van der Waals surface area contributed by atoms with Crippen LogP contribution in [0.1, 0.15) is 29.2 Å². The first-order chi connectivity index (χ1) is 15.1. The van der Waals surface area contributed by atoms with Crippen molar-refractivity contribution >= 4 is 17.3 Å². The number of aliphatic hydroxyl groups is 1. The predicted molar refractivity (Wildman–Crippen MR) is 121 cm³/mol. The first-order valence-electron chi connectivity index (χ1n) is 10.3. The Morgan fingerprint density at radius 2 is 1.74 bits per heavy atom. The summed E-state index contributed by atoms with van der Waals surface area (Å²) in [5.41, 5.74) is 3.70. The lowest BCUT2D eigenvalue weighted by molar-refractivity contribution is 0.0318. The molecule has 0 spiro atoms. The van der Waals surface area contributed by atoms with Gasteiger partial charge in [-0.1, -0.05) is 71.4 Å². The van der Waals surface area contributed by atoms with Crippen molar-refractivity contribution in [2.24, 2.45) is 5.16 Å². The van der Waals surface area contributed by atoms with Crippen LogP contribution in [0, 0.1) is 5.82 Å². The molecule has 2 atom stereocenters. The molecule has 0 saturated heterocycles. The summed E-state index contributed by atoms with van der Waals surface area (Å²) >= 11 is 5.98. The van der Waals surface area contributed by atoms with Gasteiger partial charge in [0, 0.05) is 31.1 Å². The maximum absolute atomic E-state index is 13.3. The van der Waals surface area contributed by atoms with Gasteiger partial charge in [0.1, 0.15) is 11.9 Å². The van der Waals surface area contributed by atoms with Gasteiger partial charge in [0.05, 0.1) is 11.8 Å². The van der Waals surface area contributed by atoms with Crippen molar-refractivity contribution in [1.29, 1.82) is 0 Å². The minimum absolute atomic E-state index is 0.130. The molecule has 0 amide bonds. The van der Waals surface area contributed by atoms with Gasteiger partial charge < -0.3 is 9.94 Å². The molecule has 4 rings (SSSR count). The second-order valence-electron chi connectivity index (χ2n) is 7.72. The van der Waals surface area contributed by atoms with Crippen molar-refractivity contribution in [3.63, 3.8) is 0 Å². The van der Waals surface area contributed by atoms with Crippen molar-refractivity contribution in [1.82, 2.24) is 4.90 Å². The van der Waals surface area contributed by atoms with E-state index in [0.717, 1.165) is 22.4 Å². The topological polar surface area (TPSA) is 45.1 Å². The Kier molecular flexibility index (Phi) is 6.97. The Bertz CT molecular complexity index is 1010. The number of rotatable bonds is 8. The number of hydrogen-bond donors (Lipinski definition) is 1. The summed E-state index contributed by atoms with van der Waals surface area (Å²) in [6.45, 7) is 1.58. The maximum Gasteiger partial charge on any atom is 0.145 e. The van der Waals surface area contributed by atoms with Crippen LogP contribution in [0.5, 0.6) is 0 Å². The highest BCUT2D eigenvalue weighted by atomic mass is 35.5. The summed E-state index contributed by atoms with van der Waals surface area (Å²) in [6.07, 6.45) is -0.1000. The minimum atomic E-state index is -0.639. The summed E-state index contributed by atoms with van der Waals surface area (Å²) in [6, 6.07) is 23.6. The normalized spacial score (nSPS) is 16.8. The summed E-state index contributed by atoms with van der Waals surface area (Å²) < 4.78 is 13.3. The van der Waals surface area contributed by atoms with Gasteiger partial charge >= 0.3 is 0 Å². The van der Waals surface area contributed by atoms with E-state index in [9.17, 15) is 9.50 Å². The number of aliphatic hydroxyl groups excluding tert-OH is 1. The van der Waals surface area contributed by atoms with Gasteiger partial charge in [-0.3, -0.25) is 4.90 Å². The summed E-state index contributed by atoms with van der Waals surface area (Å²) in [4.78, 5) is 7.82. The number of hydrogen-bond acceptors (Lipinski definition) is 4. The van der Waals surface area contributed by atoms with Crippen molar-refractivity contribution < 1.29 is 14.3 Å². The molecule has 0 saturated carbocycles. The average molecular weight is 439 g/mol. The van der Waals surface area contributed by atoms with Crippen LogP contribution in [-0.2, 0) is 11.4 Å². The molecule has 1 aliphatic rings. The number of benzene rings is 3. The van der Waals surface area contributed by atoms with Crippen molar-refractivity contribution in [2.75, 3.05) is 13.1 Å². The molecule has 0 unspecified atom stereocenters. The molecule has 1 aliphatic heterocycles. The fraction of sp³-hybridized carbons (Fsp3) is 0.240. The maximum atomic E-state index is 13.3. The van der Waals surface area contributed by atoms with Crippen molar-refractivity contribution in [3.05, 3.63) is 106 Å². The number of halogens is 2. The zero-order chi connectivity index (χ0) is 21.6. The van der Waals surface area contributed by atoms with E-state index in [1.807, 2.05) is 54.6 Å². The molecule has 160 valence electrons. The molecule has 1 heterocycles. The molecule has 31 heavy (non-hydrogen) atoms. The van der Waals surface area contributed by atoms with E-state index in [0.29, 0.717) is 31.1 Å². The quantitative estimate of drug-likeness (QED) is 0.525. The van der Waals surface area contributed by atoms with Crippen LogP contribution in [0.15, 0.2) is 84.0 Å². The lowest BCUT2D eigenvalue weighted by Gasteiger charge is -2.27. The molecule has 4 nitrogen and oxygen atoms in total. The van der Waals surface area contributed by atoms with Gasteiger partial charge in [0.2, 0.25) is 0 Å². The van der Waals surface area contributed by atoms with Gasteiger partial charge in [-0.2, -0.15) is 0 Å². The smallest absolute Gasteiger partial charge is 0.145 e. The van der Waals surface area contributed by atoms with Crippen molar-refractivity contribution in [2.45, 2.75) is 25.2 Å². The molecule has 0 aliphatic carbocycles. The first kappa shape index (κ1) is 21.5. The second-order valence-corrected chi connectivity index (χ2v) is 8.16. The highest BCUT2D eigenvalue weighted by molar-refractivity contribution is 6.30. The van der Waals surface area contributed by atoms with E-state index in [1.165, 1.54) is 12.1 Å². The third kappa shape index (κ3) is 5.91. The fourth-order valence-corrected chi connectivity index (χ4v) is 3.83. The van der Waals surface area contributed by atoms with Crippen LogP contribution in [0.3, 0.4) is 0 Å². The molecule has 6 heteroatoms. The largest absolute Gasteiger partial charge is 0.390 e. The third-order valence-corrected chi connectivity index (χ3v) is 5.56. The van der Waals surface area contributed by atoms with E-state index in [-0.39, 0.29) is 11.9 Å². The Labute approximate surface area is 186 Å². The monoisotopic (exact) mass is 438 g/mol. The zero-order valence-corrected chi connectivity index (χ0v) is 17.8. The first-order valence-corrected chi connectivity index (χ1v) is 10.6. The van der Waals surface area contributed by atoms with Crippen LogP contribution in [0.4, 0.5) is 4.39 Å². The molecular weight excluding hydrogens is 415 g/mol. The minimum Gasteiger partial charge on any atom is -0.390 e. The molecule has 0 fully saturated rings.